The predicted octanol–water partition coefficient (Wildman–Crippen LogP) is 2.69. The summed E-state index contributed by atoms with van der Waals surface area (Å²) in [5, 5.41) is 0. The molecule has 0 aliphatic heterocycles. The zero-order valence-electron chi connectivity index (χ0n) is 12.0. The normalized spacial score (nSPS) is 10.6. The van der Waals surface area contributed by atoms with E-state index in [-0.39, 0.29) is 0 Å². The van der Waals surface area contributed by atoms with Gasteiger partial charge in [-0.25, -0.2) is 4.98 Å². The van der Waals surface area contributed by atoms with Crippen LogP contribution < -0.4 is 0 Å². The lowest BCUT2D eigenvalue weighted by Gasteiger charge is -2.09. The van der Waals surface area contributed by atoms with Crippen molar-refractivity contribution in [3.05, 3.63) is 35.7 Å². The second-order valence-electron chi connectivity index (χ2n) is 4.26. The summed E-state index contributed by atoms with van der Waals surface area (Å²) in [6.45, 7) is 6.96. The Hall–Kier alpha value is -1.96. The predicted molar refractivity (Wildman–Crippen MR) is 78.2 cm³/mol. The van der Waals surface area contributed by atoms with Crippen molar-refractivity contribution in [2.75, 3.05) is 13.2 Å². The molecule has 104 valence electrons. The van der Waals surface area contributed by atoms with E-state index in [1.165, 1.54) is 0 Å². The molecule has 0 aliphatic rings. The van der Waals surface area contributed by atoms with E-state index in [1.807, 2.05) is 39.0 Å². The smallest absolute Gasteiger partial charge is 0.222 e. The molecule has 1 aromatic carbocycles. The number of nitrogens with zero attached hydrogens (tertiary/aromatic N) is 2. The minimum absolute atomic E-state index is 0.514. The van der Waals surface area contributed by atoms with E-state index in [0.717, 1.165) is 16.6 Å². The maximum Gasteiger partial charge on any atom is 0.222 e. The molecule has 0 fully saturated rings. The van der Waals surface area contributed by atoms with Crippen LogP contribution in [0.2, 0.25) is 0 Å². The number of ether oxygens (including phenoxy) is 2. The van der Waals surface area contributed by atoms with E-state index in [0.29, 0.717) is 18.9 Å². The Kier molecular flexibility index (Phi) is 5.05. The number of benzene rings is 1. The van der Waals surface area contributed by atoms with Gasteiger partial charge in [-0.2, -0.15) is 0 Å². The van der Waals surface area contributed by atoms with Crippen LogP contribution in [0, 0.1) is 18.8 Å². The van der Waals surface area contributed by atoms with Crippen LogP contribution in [0.25, 0.3) is 11.0 Å². The second kappa shape index (κ2) is 6.99. The minimum atomic E-state index is -0.514. The van der Waals surface area contributed by atoms with E-state index in [1.54, 1.807) is 6.20 Å². The molecule has 0 saturated carbocycles. The molecule has 4 heteroatoms. The fourth-order valence-electron chi connectivity index (χ4n) is 1.75. The molecule has 0 radical (unpaired) electrons. The van der Waals surface area contributed by atoms with E-state index < -0.39 is 6.29 Å². The third-order valence-corrected chi connectivity index (χ3v) is 2.65. The molecule has 1 aromatic heterocycles. The molecule has 0 N–H and O–H groups in total. The van der Waals surface area contributed by atoms with Gasteiger partial charge in [-0.3, -0.25) is 4.98 Å². The summed E-state index contributed by atoms with van der Waals surface area (Å²) < 4.78 is 10.7. The first-order valence-electron chi connectivity index (χ1n) is 6.71. The van der Waals surface area contributed by atoms with Crippen LogP contribution in [0.15, 0.2) is 24.4 Å². The topological polar surface area (TPSA) is 44.2 Å². The largest absolute Gasteiger partial charge is 0.342 e. The van der Waals surface area contributed by atoms with Crippen LogP contribution in [0.5, 0.6) is 0 Å². The van der Waals surface area contributed by atoms with Crippen molar-refractivity contribution >= 4 is 11.0 Å². The number of fused-ring (bicyclic) bond motifs is 1. The maximum absolute atomic E-state index is 5.37. The van der Waals surface area contributed by atoms with Crippen molar-refractivity contribution in [1.29, 1.82) is 0 Å². The van der Waals surface area contributed by atoms with Gasteiger partial charge in [-0.1, -0.05) is 6.07 Å². The number of rotatable bonds is 4. The molecule has 0 aliphatic carbocycles. The van der Waals surface area contributed by atoms with Crippen LogP contribution in [0.4, 0.5) is 0 Å². The molecular weight excluding hydrogens is 252 g/mol. The molecule has 20 heavy (non-hydrogen) atoms. The number of hydrogen-bond donors (Lipinski definition) is 0. The lowest BCUT2D eigenvalue weighted by molar-refractivity contribution is -0.0969. The van der Waals surface area contributed by atoms with Gasteiger partial charge in [-0.15, -0.1) is 0 Å². The van der Waals surface area contributed by atoms with Crippen molar-refractivity contribution in [2.45, 2.75) is 27.1 Å². The number of hydrogen-bond acceptors (Lipinski definition) is 4. The Morgan fingerprint density at radius 1 is 1.15 bits per heavy atom. The Bertz CT molecular complexity index is 638. The molecule has 0 bridgehead atoms. The molecule has 4 nitrogen and oxygen atoms in total. The molecular formula is C16H18N2O2. The molecule has 0 amide bonds. The molecule has 2 rings (SSSR count). The third-order valence-electron chi connectivity index (χ3n) is 2.65. The molecule has 0 spiro atoms. The molecule has 0 unspecified atom stereocenters. The minimum Gasteiger partial charge on any atom is -0.342 e. The third kappa shape index (κ3) is 3.77. The first-order chi connectivity index (χ1) is 9.72. The second-order valence-corrected chi connectivity index (χ2v) is 4.26. The monoisotopic (exact) mass is 270 g/mol. The van der Waals surface area contributed by atoms with Crippen molar-refractivity contribution in [1.82, 2.24) is 9.97 Å². The lowest BCUT2D eigenvalue weighted by Crippen LogP contribution is -2.14. The van der Waals surface area contributed by atoms with E-state index in [4.69, 9.17) is 9.47 Å². The van der Waals surface area contributed by atoms with E-state index >= 15 is 0 Å². The summed E-state index contributed by atoms with van der Waals surface area (Å²) in [6, 6.07) is 5.97. The van der Waals surface area contributed by atoms with Gasteiger partial charge < -0.3 is 9.47 Å². The first kappa shape index (κ1) is 14.4. The van der Waals surface area contributed by atoms with Crippen molar-refractivity contribution in [3.63, 3.8) is 0 Å². The van der Waals surface area contributed by atoms with Gasteiger partial charge in [0.25, 0.3) is 0 Å². The maximum atomic E-state index is 5.37. The van der Waals surface area contributed by atoms with E-state index in [2.05, 4.69) is 21.8 Å². The molecule has 0 saturated heterocycles. The van der Waals surface area contributed by atoms with Crippen molar-refractivity contribution in [2.24, 2.45) is 0 Å². The van der Waals surface area contributed by atoms with Gasteiger partial charge in [-0.05, 0) is 50.3 Å². The highest BCUT2D eigenvalue weighted by Gasteiger charge is 2.03. The van der Waals surface area contributed by atoms with Crippen LogP contribution in [-0.2, 0) is 9.47 Å². The summed E-state index contributed by atoms with van der Waals surface area (Å²) in [4.78, 5) is 8.83. The van der Waals surface area contributed by atoms with Gasteiger partial charge in [0, 0.05) is 13.2 Å². The number of aromatic nitrogens is 2. The van der Waals surface area contributed by atoms with Gasteiger partial charge in [0.2, 0.25) is 6.29 Å². The summed E-state index contributed by atoms with van der Waals surface area (Å²) >= 11 is 0. The Morgan fingerprint density at radius 3 is 2.60 bits per heavy atom. The summed E-state index contributed by atoms with van der Waals surface area (Å²) in [7, 11) is 0. The Morgan fingerprint density at radius 2 is 1.90 bits per heavy atom. The Balaban J connectivity index is 2.24. The zero-order valence-corrected chi connectivity index (χ0v) is 12.0. The molecule has 0 atom stereocenters. The van der Waals surface area contributed by atoms with Gasteiger partial charge in [0.05, 0.1) is 17.2 Å². The van der Waals surface area contributed by atoms with Crippen LogP contribution >= 0.6 is 0 Å². The quantitative estimate of drug-likeness (QED) is 0.633. The van der Waals surface area contributed by atoms with Crippen LogP contribution in [0.3, 0.4) is 0 Å². The van der Waals surface area contributed by atoms with Gasteiger partial charge >= 0.3 is 0 Å². The number of aryl methyl sites for hydroxylation is 1. The molecule has 1 heterocycles. The van der Waals surface area contributed by atoms with Gasteiger partial charge in [0.15, 0.2) is 0 Å². The average Bonchev–Trinajstić information content (AvgIpc) is 2.44. The van der Waals surface area contributed by atoms with E-state index in [9.17, 15) is 0 Å². The molecule has 2 aromatic rings. The zero-order chi connectivity index (χ0) is 14.4. The fourth-order valence-corrected chi connectivity index (χ4v) is 1.75. The van der Waals surface area contributed by atoms with Crippen LogP contribution in [0.1, 0.15) is 25.1 Å². The highest BCUT2D eigenvalue weighted by molar-refractivity contribution is 5.75. The Labute approximate surface area is 119 Å². The summed E-state index contributed by atoms with van der Waals surface area (Å²) in [5.74, 6) is 5.87. The SMILES string of the molecule is CCOC(C#Cc1cnc2ccc(C)cc2n1)OCC. The van der Waals surface area contributed by atoms with Crippen molar-refractivity contribution < 1.29 is 9.47 Å². The van der Waals surface area contributed by atoms with Gasteiger partial charge in [0.1, 0.15) is 5.69 Å². The standard InChI is InChI=1S/C16H18N2O2/c1-4-19-16(20-5-2)9-7-13-11-17-14-8-6-12(3)10-15(14)18-13/h6,8,10-11,16H,4-5H2,1-3H3. The fraction of sp³-hybridized carbons (Fsp3) is 0.375. The average molecular weight is 270 g/mol. The van der Waals surface area contributed by atoms with Crippen molar-refractivity contribution in [3.8, 4) is 11.8 Å². The lowest BCUT2D eigenvalue weighted by atomic mass is 10.2. The first-order valence-corrected chi connectivity index (χ1v) is 6.71. The summed E-state index contributed by atoms with van der Waals surface area (Å²) in [5.41, 5.74) is 3.49. The summed E-state index contributed by atoms with van der Waals surface area (Å²) in [6.07, 6.45) is 1.15. The highest BCUT2D eigenvalue weighted by Crippen LogP contribution is 2.11. The van der Waals surface area contributed by atoms with Crippen LogP contribution in [-0.4, -0.2) is 29.5 Å². The highest BCUT2D eigenvalue weighted by atomic mass is 16.7.